The van der Waals surface area contributed by atoms with Gasteiger partial charge in [0, 0.05) is 0 Å². The van der Waals surface area contributed by atoms with Gasteiger partial charge in [-0.15, -0.1) is 0 Å². The Hall–Kier alpha value is -0.620. The van der Waals surface area contributed by atoms with Gasteiger partial charge in [0.25, 0.3) is 11.0 Å². The molecule has 0 aliphatic carbocycles. The number of hydrogen-bond donors (Lipinski definition) is 2. The van der Waals surface area contributed by atoms with Gasteiger partial charge < -0.3 is 5.73 Å². The van der Waals surface area contributed by atoms with E-state index in [9.17, 15) is 13.2 Å². The van der Waals surface area contributed by atoms with Crippen molar-refractivity contribution in [3.63, 3.8) is 0 Å². The van der Waals surface area contributed by atoms with Gasteiger partial charge >= 0.3 is 0 Å². The molecule has 1 atom stereocenters. The SMILES string of the molecule is CC(O[SH](=O)=O)C(N)=O. The molecule has 0 saturated heterocycles. The summed E-state index contributed by atoms with van der Waals surface area (Å²) in [6.45, 7) is 1.26. The minimum atomic E-state index is -2.97. The molecule has 5 nitrogen and oxygen atoms in total. The normalized spacial score (nSPS) is 13.6. The third-order valence-electron chi connectivity index (χ3n) is 0.645. The molecule has 54 valence electrons. The predicted molar refractivity (Wildman–Crippen MR) is 30.1 cm³/mol. The highest BCUT2D eigenvalue weighted by atomic mass is 32.2. The smallest absolute Gasteiger partial charge is 0.257 e. The number of carbonyl (C=O) groups excluding carboxylic acids is 1. The molecule has 2 N–H and O–H groups in total. The van der Waals surface area contributed by atoms with E-state index >= 15 is 0 Å². The zero-order valence-electron chi connectivity index (χ0n) is 4.73. The van der Waals surface area contributed by atoms with Crippen molar-refractivity contribution < 1.29 is 17.4 Å². The Balaban J connectivity index is 3.77. The molecule has 0 saturated carbocycles. The maximum absolute atomic E-state index is 10.1. The highest BCUT2D eigenvalue weighted by molar-refractivity contribution is 7.67. The first-order valence-corrected chi connectivity index (χ1v) is 3.24. The first kappa shape index (κ1) is 8.38. The number of primary amides is 1. The van der Waals surface area contributed by atoms with Crippen LogP contribution in [0.3, 0.4) is 0 Å². The van der Waals surface area contributed by atoms with Crippen LogP contribution in [-0.4, -0.2) is 20.4 Å². The van der Waals surface area contributed by atoms with Crippen LogP contribution in [0.1, 0.15) is 6.92 Å². The molecule has 6 heteroatoms. The third kappa shape index (κ3) is 3.92. The largest absolute Gasteiger partial charge is 0.367 e. The summed E-state index contributed by atoms with van der Waals surface area (Å²) in [6.07, 6.45) is -1.06. The second kappa shape index (κ2) is 3.41. The van der Waals surface area contributed by atoms with E-state index in [1.54, 1.807) is 0 Å². The van der Waals surface area contributed by atoms with Crippen molar-refractivity contribution in [3.05, 3.63) is 0 Å². The highest BCUT2D eigenvalue weighted by Gasteiger charge is 2.08. The Labute approximate surface area is 54.0 Å². The van der Waals surface area contributed by atoms with E-state index in [0.29, 0.717) is 0 Å². The van der Waals surface area contributed by atoms with Gasteiger partial charge in [0.2, 0.25) is 5.91 Å². The van der Waals surface area contributed by atoms with Crippen LogP contribution in [0, 0.1) is 0 Å². The summed E-state index contributed by atoms with van der Waals surface area (Å²) >= 11 is 0. The van der Waals surface area contributed by atoms with E-state index in [2.05, 4.69) is 9.92 Å². The van der Waals surface area contributed by atoms with Crippen LogP contribution in [0.5, 0.6) is 0 Å². The van der Waals surface area contributed by atoms with Crippen LogP contribution in [0.4, 0.5) is 0 Å². The average Bonchev–Trinajstić information content (AvgIpc) is 1.63. The minimum Gasteiger partial charge on any atom is -0.367 e. The lowest BCUT2D eigenvalue weighted by Crippen LogP contribution is -2.27. The van der Waals surface area contributed by atoms with E-state index in [-0.39, 0.29) is 0 Å². The van der Waals surface area contributed by atoms with E-state index in [0.717, 1.165) is 0 Å². The van der Waals surface area contributed by atoms with E-state index in [1.165, 1.54) is 6.92 Å². The van der Waals surface area contributed by atoms with E-state index < -0.39 is 23.0 Å². The summed E-state index contributed by atoms with van der Waals surface area (Å²) in [4.78, 5) is 10.1. The van der Waals surface area contributed by atoms with Gasteiger partial charge in [0.1, 0.15) is 0 Å². The Morgan fingerprint density at radius 3 is 2.22 bits per heavy atom. The van der Waals surface area contributed by atoms with Crippen molar-refractivity contribution in [2.45, 2.75) is 13.0 Å². The molecule has 0 aromatic carbocycles. The molecule has 0 spiro atoms. The molecule has 1 unspecified atom stereocenters. The molecule has 0 aliphatic heterocycles. The quantitative estimate of drug-likeness (QED) is 0.478. The summed E-state index contributed by atoms with van der Waals surface area (Å²) in [6, 6.07) is 0. The fourth-order valence-electron chi connectivity index (χ4n) is 0.181. The van der Waals surface area contributed by atoms with Crippen LogP contribution in [0.25, 0.3) is 0 Å². The maximum Gasteiger partial charge on any atom is 0.257 e. The third-order valence-corrected chi connectivity index (χ3v) is 1.13. The molecule has 0 aromatic rings. The Bertz CT molecular complexity index is 167. The molecule has 0 bridgehead atoms. The number of hydrogen-bond acceptors (Lipinski definition) is 4. The van der Waals surface area contributed by atoms with Gasteiger partial charge in [-0.05, 0) is 6.92 Å². The fourth-order valence-corrected chi connectivity index (χ4v) is 0.543. The summed E-state index contributed by atoms with van der Waals surface area (Å²) < 4.78 is 23.4. The standard InChI is InChI=1S/C3H7NO4S/c1-2(3(4)5)8-9(6)7/h2,9H,1H3,(H2,4,5). The molecule has 0 fully saturated rings. The topological polar surface area (TPSA) is 86.5 Å². The van der Waals surface area contributed by atoms with Gasteiger partial charge in [0.05, 0.1) is 0 Å². The first-order chi connectivity index (χ1) is 4.04. The average molecular weight is 153 g/mol. The number of carbonyl (C=O) groups is 1. The molecule has 0 aromatic heterocycles. The molecular formula is C3H7NO4S. The number of nitrogens with two attached hydrogens (primary N) is 1. The predicted octanol–water partition coefficient (Wildman–Crippen LogP) is -1.60. The van der Waals surface area contributed by atoms with Crippen molar-refractivity contribution in [2.75, 3.05) is 0 Å². The Morgan fingerprint density at radius 2 is 2.11 bits per heavy atom. The lowest BCUT2D eigenvalue weighted by atomic mass is 10.4. The Kier molecular flexibility index (Phi) is 3.18. The second-order valence-corrected chi connectivity index (χ2v) is 2.03. The van der Waals surface area contributed by atoms with Gasteiger partial charge in [-0.2, -0.15) is 0 Å². The summed E-state index contributed by atoms with van der Waals surface area (Å²) in [5, 5.41) is 0. The lowest BCUT2D eigenvalue weighted by Gasteiger charge is -1.99. The molecule has 0 radical (unpaired) electrons. The van der Waals surface area contributed by atoms with E-state index in [1.807, 2.05) is 0 Å². The molecule has 9 heavy (non-hydrogen) atoms. The second-order valence-electron chi connectivity index (χ2n) is 1.37. The minimum absolute atomic E-state index is 0.797. The van der Waals surface area contributed by atoms with Crippen molar-refractivity contribution >= 4 is 16.9 Å². The Morgan fingerprint density at radius 1 is 1.67 bits per heavy atom. The van der Waals surface area contributed by atoms with Crippen molar-refractivity contribution in [2.24, 2.45) is 5.73 Å². The van der Waals surface area contributed by atoms with Gasteiger partial charge in [0.15, 0.2) is 6.10 Å². The van der Waals surface area contributed by atoms with Crippen LogP contribution >= 0.6 is 0 Å². The highest BCUT2D eigenvalue weighted by Crippen LogP contribution is 1.86. The summed E-state index contributed by atoms with van der Waals surface area (Å²) in [5.41, 5.74) is 4.65. The maximum atomic E-state index is 10.1. The molecule has 0 heterocycles. The summed E-state index contributed by atoms with van der Waals surface area (Å²) in [5.74, 6) is -0.797. The zero-order chi connectivity index (χ0) is 7.44. The number of amides is 1. The molecule has 0 aliphatic rings. The van der Waals surface area contributed by atoms with Gasteiger partial charge in [-0.1, -0.05) is 0 Å². The summed E-state index contributed by atoms with van der Waals surface area (Å²) in [7, 11) is -2.97. The fraction of sp³-hybridized carbons (Fsp3) is 0.667. The number of thiol groups is 1. The van der Waals surface area contributed by atoms with Crippen molar-refractivity contribution in [3.8, 4) is 0 Å². The first-order valence-electron chi connectivity index (χ1n) is 2.14. The van der Waals surface area contributed by atoms with Crippen LogP contribution < -0.4 is 5.73 Å². The zero-order valence-corrected chi connectivity index (χ0v) is 5.63. The molecular weight excluding hydrogens is 146 g/mol. The molecule has 1 amide bonds. The van der Waals surface area contributed by atoms with Crippen molar-refractivity contribution in [1.82, 2.24) is 0 Å². The molecule has 0 rings (SSSR count). The lowest BCUT2D eigenvalue weighted by molar-refractivity contribution is -0.123. The number of rotatable bonds is 3. The van der Waals surface area contributed by atoms with E-state index in [4.69, 9.17) is 0 Å². The van der Waals surface area contributed by atoms with Crippen molar-refractivity contribution in [1.29, 1.82) is 0 Å². The van der Waals surface area contributed by atoms with Crippen LogP contribution in [-0.2, 0) is 20.0 Å². The van der Waals surface area contributed by atoms with Crippen LogP contribution in [0.15, 0.2) is 0 Å². The van der Waals surface area contributed by atoms with Gasteiger partial charge in [-0.3, -0.25) is 8.98 Å². The monoisotopic (exact) mass is 153 g/mol. The van der Waals surface area contributed by atoms with Gasteiger partial charge in [-0.25, -0.2) is 8.42 Å². The van der Waals surface area contributed by atoms with Crippen LogP contribution in [0.2, 0.25) is 0 Å².